The van der Waals surface area contributed by atoms with Crippen molar-refractivity contribution >= 4 is 5.91 Å². The van der Waals surface area contributed by atoms with Crippen molar-refractivity contribution in [2.24, 2.45) is 11.8 Å². The average Bonchev–Trinajstić information content (AvgIpc) is 2.50. The molecule has 1 rings (SSSR count). The fourth-order valence-electron chi connectivity index (χ4n) is 1.71. The van der Waals surface area contributed by atoms with Gasteiger partial charge in [-0.3, -0.25) is 4.79 Å². The summed E-state index contributed by atoms with van der Waals surface area (Å²) in [6, 6.07) is 0. The lowest BCUT2D eigenvalue weighted by Crippen LogP contribution is -2.36. The maximum atomic E-state index is 11.8. The highest BCUT2D eigenvalue weighted by molar-refractivity contribution is 5.79. The predicted octanol–water partition coefficient (Wildman–Crippen LogP) is 0.486. The third-order valence-corrected chi connectivity index (χ3v) is 2.61. The van der Waals surface area contributed by atoms with Gasteiger partial charge in [0.05, 0.1) is 5.92 Å². The van der Waals surface area contributed by atoms with E-state index >= 15 is 0 Å². The number of hydrogen-bond acceptors (Lipinski definition) is 2. The summed E-state index contributed by atoms with van der Waals surface area (Å²) in [5, 5.41) is 3.23. The fourth-order valence-corrected chi connectivity index (χ4v) is 1.71. The summed E-state index contributed by atoms with van der Waals surface area (Å²) in [6.07, 6.45) is 1.75. The van der Waals surface area contributed by atoms with Crippen LogP contribution in [-0.4, -0.2) is 37.5 Å². The summed E-state index contributed by atoms with van der Waals surface area (Å²) < 4.78 is 0. The molecule has 0 saturated carbocycles. The number of carbonyl (C=O) groups is 1. The van der Waals surface area contributed by atoms with Crippen molar-refractivity contribution in [2.45, 2.75) is 6.92 Å². The molecule has 1 fully saturated rings. The Morgan fingerprint density at radius 1 is 1.69 bits per heavy atom. The zero-order chi connectivity index (χ0) is 9.84. The standard InChI is InChI=1S/C10H18N2O/c1-4-5-12(3)10(13)9-7-11-6-8(9)2/h4,8-9,11H,1,5-7H2,2-3H3. The number of rotatable bonds is 3. The molecule has 0 bridgehead atoms. The highest BCUT2D eigenvalue weighted by Crippen LogP contribution is 2.17. The Kier molecular flexibility index (Phi) is 3.48. The zero-order valence-corrected chi connectivity index (χ0v) is 8.42. The number of nitrogens with one attached hydrogen (secondary N) is 1. The second-order valence-electron chi connectivity index (χ2n) is 3.75. The third kappa shape index (κ3) is 2.31. The van der Waals surface area contributed by atoms with Gasteiger partial charge in [-0.05, 0) is 12.5 Å². The Hall–Kier alpha value is -0.830. The Labute approximate surface area is 79.8 Å². The molecule has 1 amide bonds. The van der Waals surface area contributed by atoms with Gasteiger partial charge in [0.25, 0.3) is 0 Å². The minimum atomic E-state index is 0.157. The smallest absolute Gasteiger partial charge is 0.227 e. The average molecular weight is 182 g/mol. The molecule has 2 unspecified atom stereocenters. The Bertz CT molecular complexity index is 203. The molecule has 1 aliphatic heterocycles. The van der Waals surface area contributed by atoms with Gasteiger partial charge in [-0.25, -0.2) is 0 Å². The van der Waals surface area contributed by atoms with E-state index in [1.165, 1.54) is 0 Å². The summed E-state index contributed by atoms with van der Waals surface area (Å²) >= 11 is 0. The number of nitrogens with zero attached hydrogens (tertiary/aromatic N) is 1. The van der Waals surface area contributed by atoms with Gasteiger partial charge in [0.1, 0.15) is 0 Å². The molecule has 0 spiro atoms. The lowest BCUT2D eigenvalue weighted by molar-refractivity contribution is -0.134. The molecule has 3 nitrogen and oxygen atoms in total. The van der Waals surface area contributed by atoms with Crippen molar-refractivity contribution in [3.63, 3.8) is 0 Å². The maximum Gasteiger partial charge on any atom is 0.227 e. The first kappa shape index (κ1) is 10.3. The Balaban J connectivity index is 2.50. The molecule has 0 aliphatic carbocycles. The van der Waals surface area contributed by atoms with Crippen LogP contribution in [0.15, 0.2) is 12.7 Å². The maximum absolute atomic E-state index is 11.8. The SMILES string of the molecule is C=CCN(C)C(=O)C1CNCC1C. The van der Waals surface area contributed by atoms with E-state index in [4.69, 9.17) is 0 Å². The summed E-state index contributed by atoms with van der Waals surface area (Å²) in [6.45, 7) is 8.15. The first-order valence-corrected chi connectivity index (χ1v) is 4.73. The number of amides is 1. The fraction of sp³-hybridized carbons (Fsp3) is 0.700. The molecule has 1 saturated heterocycles. The van der Waals surface area contributed by atoms with Crippen LogP contribution in [0.5, 0.6) is 0 Å². The first-order valence-electron chi connectivity index (χ1n) is 4.73. The molecule has 3 heteroatoms. The summed E-state index contributed by atoms with van der Waals surface area (Å²) in [5.74, 6) is 0.849. The summed E-state index contributed by atoms with van der Waals surface area (Å²) in [4.78, 5) is 13.5. The normalized spacial score (nSPS) is 27.2. The minimum Gasteiger partial charge on any atom is -0.342 e. The Morgan fingerprint density at radius 3 is 2.85 bits per heavy atom. The molecule has 2 atom stereocenters. The molecule has 1 heterocycles. The molecule has 0 aromatic rings. The van der Waals surface area contributed by atoms with E-state index in [1.54, 1.807) is 11.0 Å². The van der Waals surface area contributed by atoms with Gasteiger partial charge in [0.15, 0.2) is 0 Å². The van der Waals surface area contributed by atoms with Gasteiger partial charge in [-0.15, -0.1) is 6.58 Å². The van der Waals surface area contributed by atoms with Crippen LogP contribution >= 0.6 is 0 Å². The van der Waals surface area contributed by atoms with Crippen molar-refractivity contribution in [3.8, 4) is 0 Å². The molecule has 0 aromatic heterocycles. The van der Waals surface area contributed by atoms with Crippen LogP contribution in [0.3, 0.4) is 0 Å². The van der Waals surface area contributed by atoms with Crippen LogP contribution < -0.4 is 5.32 Å². The van der Waals surface area contributed by atoms with Gasteiger partial charge in [0.2, 0.25) is 5.91 Å². The number of hydrogen-bond donors (Lipinski definition) is 1. The van der Waals surface area contributed by atoms with Crippen molar-refractivity contribution in [2.75, 3.05) is 26.7 Å². The molecule has 0 radical (unpaired) electrons. The van der Waals surface area contributed by atoms with Gasteiger partial charge >= 0.3 is 0 Å². The van der Waals surface area contributed by atoms with E-state index < -0.39 is 0 Å². The van der Waals surface area contributed by atoms with Crippen LogP contribution in [0, 0.1) is 11.8 Å². The molecule has 74 valence electrons. The largest absolute Gasteiger partial charge is 0.342 e. The van der Waals surface area contributed by atoms with E-state index in [2.05, 4.69) is 18.8 Å². The highest BCUT2D eigenvalue weighted by atomic mass is 16.2. The Morgan fingerprint density at radius 2 is 2.38 bits per heavy atom. The molecule has 0 aromatic carbocycles. The zero-order valence-electron chi connectivity index (χ0n) is 8.42. The van der Waals surface area contributed by atoms with Crippen molar-refractivity contribution < 1.29 is 4.79 Å². The van der Waals surface area contributed by atoms with Gasteiger partial charge < -0.3 is 10.2 Å². The highest BCUT2D eigenvalue weighted by Gasteiger charge is 2.30. The van der Waals surface area contributed by atoms with E-state index in [1.807, 2.05) is 7.05 Å². The van der Waals surface area contributed by atoms with Crippen LogP contribution in [0.2, 0.25) is 0 Å². The third-order valence-electron chi connectivity index (χ3n) is 2.61. The van der Waals surface area contributed by atoms with Gasteiger partial charge in [0, 0.05) is 20.1 Å². The van der Waals surface area contributed by atoms with E-state index in [9.17, 15) is 4.79 Å². The van der Waals surface area contributed by atoms with Crippen LogP contribution in [-0.2, 0) is 4.79 Å². The van der Waals surface area contributed by atoms with E-state index in [0.29, 0.717) is 12.5 Å². The van der Waals surface area contributed by atoms with Crippen LogP contribution in [0.4, 0.5) is 0 Å². The number of carbonyl (C=O) groups excluding carboxylic acids is 1. The topological polar surface area (TPSA) is 32.3 Å². The van der Waals surface area contributed by atoms with Gasteiger partial charge in [-0.2, -0.15) is 0 Å². The summed E-state index contributed by atoms with van der Waals surface area (Å²) in [5.41, 5.74) is 0. The molecule has 1 aliphatic rings. The minimum absolute atomic E-state index is 0.157. The number of likely N-dealkylation sites (N-methyl/N-ethyl adjacent to an activating group) is 1. The van der Waals surface area contributed by atoms with Crippen molar-refractivity contribution in [3.05, 3.63) is 12.7 Å². The van der Waals surface area contributed by atoms with E-state index in [-0.39, 0.29) is 11.8 Å². The monoisotopic (exact) mass is 182 g/mol. The van der Waals surface area contributed by atoms with E-state index in [0.717, 1.165) is 13.1 Å². The van der Waals surface area contributed by atoms with Crippen LogP contribution in [0.1, 0.15) is 6.92 Å². The predicted molar refractivity (Wildman–Crippen MR) is 53.4 cm³/mol. The second-order valence-corrected chi connectivity index (χ2v) is 3.75. The lowest BCUT2D eigenvalue weighted by Gasteiger charge is -2.21. The van der Waals surface area contributed by atoms with Crippen LogP contribution in [0.25, 0.3) is 0 Å². The van der Waals surface area contributed by atoms with Gasteiger partial charge in [-0.1, -0.05) is 13.0 Å². The van der Waals surface area contributed by atoms with Crippen molar-refractivity contribution in [1.82, 2.24) is 10.2 Å². The quantitative estimate of drug-likeness (QED) is 0.644. The molecular weight excluding hydrogens is 164 g/mol. The summed E-state index contributed by atoms with van der Waals surface area (Å²) in [7, 11) is 1.83. The lowest BCUT2D eigenvalue weighted by atomic mass is 9.97. The molecule has 13 heavy (non-hydrogen) atoms. The molecular formula is C10H18N2O. The van der Waals surface area contributed by atoms with Crippen molar-refractivity contribution in [1.29, 1.82) is 0 Å². The molecule has 1 N–H and O–H groups in total. The first-order chi connectivity index (χ1) is 6.16. The second kappa shape index (κ2) is 4.42.